The van der Waals surface area contributed by atoms with E-state index >= 15 is 0 Å². The van der Waals surface area contributed by atoms with Crippen LogP contribution in [0.5, 0.6) is 0 Å². The third kappa shape index (κ3) is 5.35. The van der Waals surface area contributed by atoms with E-state index in [9.17, 15) is 14.4 Å². The molecule has 0 aliphatic rings. The molecule has 38 heavy (non-hydrogen) atoms. The number of nitrogen functional groups attached to an aromatic ring is 1. The molecule has 10 heteroatoms. The molecular weight excluding hydrogens is 500 g/mol. The minimum atomic E-state index is -1.08. The molecule has 3 amide bonds. The first-order valence-corrected chi connectivity index (χ1v) is 12.8. The van der Waals surface area contributed by atoms with Gasteiger partial charge in [0.2, 0.25) is 5.91 Å². The van der Waals surface area contributed by atoms with E-state index in [-0.39, 0.29) is 22.2 Å². The van der Waals surface area contributed by atoms with Crippen molar-refractivity contribution in [2.75, 3.05) is 10.6 Å². The van der Waals surface area contributed by atoms with Crippen molar-refractivity contribution in [1.82, 2.24) is 14.7 Å². The molecule has 2 heterocycles. The lowest BCUT2D eigenvalue weighted by Gasteiger charge is -2.34. The second kappa shape index (κ2) is 10.2. The van der Waals surface area contributed by atoms with Gasteiger partial charge in [-0.3, -0.25) is 24.3 Å². The van der Waals surface area contributed by atoms with Crippen LogP contribution in [-0.4, -0.2) is 32.6 Å². The number of hydrogen-bond donors (Lipinski definition) is 3. The molecule has 196 valence electrons. The van der Waals surface area contributed by atoms with E-state index in [1.807, 2.05) is 77.1 Å². The standard InChI is InChI=1S/C28H30N6O3S/c1-15-8-9-16(2)20(13-15)34(27(37)24-21(29)22(25(30)35)33-38-24)23(26(36)32-28(3,4)5)18-10-11-19-17(14-18)7-6-12-31-19/h6-14,23H,29H2,1-5H3,(H2,30,35)(H,32,36)/t23-/m1/s1. The molecule has 2 aromatic carbocycles. The first kappa shape index (κ1) is 26.7. The minimum absolute atomic E-state index is 0.0238. The molecule has 9 nitrogen and oxygen atoms in total. The quantitative estimate of drug-likeness (QED) is 0.339. The number of nitrogens with zero attached hydrogens (tertiary/aromatic N) is 3. The van der Waals surface area contributed by atoms with Gasteiger partial charge >= 0.3 is 0 Å². The zero-order valence-electron chi connectivity index (χ0n) is 21.9. The van der Waals surface area contributed by atoms with Crippen LogP contribution in [0.25, 0.3) is 10.9 Å². The number of benzene rings is 2. The second-order valence-electron chi connectivity index (χ2n) is 10.2. The molecule has 5 N–H and O–H groups in total. The summed E-state index contributed by atoms with van der Waals surface area (Å²) in [7, 11) is 0. The highest BCUT2D eigenvalue weighted by Crippen LogP contribution is 2.36. The number of nitrogens with one attached hydrogen (secondary N) is 1. The Morgan fingerprint density at radius 3 is 2.45 bits per heavy atom. The molecule has 2 aromatic heterocycles. The van der Waals surface area contributed by atoms with E-state index in [4.69, 9.17) is 11.5 Å². The summed E-state index contributed by atoms with van der Waals surface area (Å²) in [6.07, 6.45) is 1.70. The van der Waals surface area contributed by atoms with Gasteiger partial charge in [0.05, 0.1) is 11.2 Å². The van der Waals surface area contributed by atoms with Gasteiger partial charge in [0.15, 0.2) is 5.69 Å². The van der Waals surface area contributed by atoms with Gasteiger partial charge in [-0.2, -0.15) is 4.37 Å². The number of anilines is 2. The zero-order chi connectivity index (χ0) is 27.8. The number of fused-ring (bicyclic) bond motifs is 1. The largest absolute Gasteiger partial charge is 0.395 e. The van der Waals surface area contributed by atoms with E-state index < -0.39 is 23.4 Å². The van der Waals surface area contributed by atoms with Gasteiger partial charge in [0.1, 0.15) is 10.9 Å². The van der Waals surface area contributed by atoms with Crippen molar-refractivity contribution < 1.29 is 14.4 Å². The SMILES string of the molecule is Cc1ccc(C)c(N(C(=O)c2snc(C(N)=O)c2N)[C@@H](C(=O)NC(C)(C)C)c2ccc3ncccc3c2)c1. The smallest absolute Gasteiger partial charge is 0.273 e. The predicted octanol–water partition coefficient (Wildman–Crippen LogP) is 4.29. The number of aromatic nitrogens is 2. The van der Waals surface area contributed by atoms with Crippen LogP contribution in [0.4, 0.5) is 11.4 Å². The van der Waals surface area contributed by atoms with Crippen molar-refractivity contribution in [1.29, 1.82) is 0 Å². The molecule has 0 fully saturated rings. The van der Waals surface area contributed by atoms with Gasteiger partial charge in [-0.05, 0) is 87.1 Å². The van der Waals surface area contributed by atoms with Crippen molar-refractivity contribution >= 4 is 51.5 Å². The molecule has 0 bridgehead atoms. The Hall–Kier alpha value is -4.31. The Morgan fingerprint density at radius 1 is 1.05 bits per heavy atom. The minimum Gasteiger partial charge on any atom is -0.395 e. The predicted molar refractivity (Wildman–Crippen MR) is 150 cm³/mol. The molecule has 0 unspecified atom stereocenters. The van der Waals surface area contributed by atoms with Crippen LogP contribution < -0.4 is 21.7 Å². The summed E-state index contributed by atoms with van der Waals surface area (Å²) in [5.74, 6) is -1.78. The van der Waals surface area contributed by atoms with E-state index in [2.05, 4.69) is 14.7 Å². The van der Waals surface area contributed by atoms with Gasteiger partial charge < -0.3 is 16.8 Å². The van der Waals surface area contributed by atoms with Crippen molar-refractivity contribution in [3.63, 3.8) is 0 Å². The fourth-order valence-electron chi connectivity index (χ4n) is 4.20. The first-order chi connectivity index (χ1) is 17.9. The lowest BCUT2D eigenvalue weighted by molar-refractivity contribution is -0.123. The normalized spacial score (nSPS) is 12.2. The van der Waals surface area contributed by atoms with Gasteiger partial charge in [0.25, 0.3) is 11.8 Å². The fraction of sp³-hybridized carbons (Fsp3) is 0.250. The molecule has 4 aromatic rings. The average Bonchev–Trinajstić information content (AvgIpc) is 3.24. The van der Waals surface area contributed by atoms with Crippen LogP contribution in [-0.2, 0) is 4.79 Å². The number of amides is 3. The summed E-state index contributed by atoms with van der Waals surface area (Å²) in [5, 5.41) is 3.85. The maximum Gasteiger partial charge on any atom is 0.273 e. The highest BCUT2D eigenvalue weighted by Gasteiger charge is 2.38. The van der Waals surface area contributed by atoms with E-state index in [0.717, 1.165) is 33.6 Å². The Labute approximate surface area is 225 Å². The number of primary amides is 1. The maximum absolute atomic E-state index is 14.3. The Balaban J connectivity index is 1.99. The first-order valence-electron chi connectivity index (χ1n) is 12.0. The second-order valence-corrected chi connectivity index (χ2v) is 11.0. The number of nitrogens with two attached hydrogens (primary N) is 2. The van der Waals surface area contributed by atoms with Crippen LogP contribution in [0.1, 0.15) is 63.7 Å². The number of rotatable bonds is 6. The summed E-state index contributed by atoms with van der Waals surface area (Å²) in [6, 6.07) is 13.8. The van der Waals surface area contributed by atoms with Gasteiger partial charge in [0, 0.05) is 22.8 Å². The van der Waals surface area contributed by atoms with Crippen molar-refractivity contribution in [3.8, 4) is 0 Å². The lowest BCUT2D eigenvalue weighted by Crippen LogP contribution is -2.49. The van der Waals surface area contributed by atoms with Crippen LogP contribution in [0.15, 0.2) is 54.7 Å². The number of aryl methyl sites for hydroxylation is 2. The average molecular weight is 531 g/mol. The molecule has 0 aliphatic carbocycles. The number of pyridine rings is 1. The molecule has 4 rings (SSSR count). The number of carbonyl (C=O) groups excluding carboxylic acids is 3. The van der Waals surface area contributed by atoms with Gasteiger partial charge in [-0.25, -0.2) is 0 Å². The van der Waals surface area contributed by atoms with Crippen LogP contribution in [0, 0.1) is 13.8 Å². The molecule has 0 radical (unpaired) electrons. The van der Waals surface area contributed by atoms with Crippen LogP contribution in [0.2, 0.25) is 0 Å². The molecular formula is C28H30N6O3S. The van der Waals surface area contributed by atoms with Gasteiger partial charge in [-0.1, -0.05) is 24.3 Å². The monoisotopic (exact) mass is 530 g/mol. The molecule has 0 saturated carbocycles. The van der Waals surface area contributed by atoms with Gasteiger partial charge in [-0.15, -0.1) is 0 Å². The van der Waals surface area contributed by atoms with Crippen molar-refractivity contribution in [3.05, 3.63) is 82.0 Å². The zero-order valence-corrected chi connectivity index (χ0v) is 22.7. The molecule has 1 atom stereocenters. The maximum atomic E-state index is 14.3. The lowest BCUT2D eigenvalue weighted by atomic mass is 9.97. The number of hydrogen-bond acceptors (Lipinski definition) is 7. The summed E-state index contributed by atoms with van der Waals surface area (Å²) in [4.78, 5) is 46.0. The van der Waals surface area contributed by atoms with Crippen LogP contribution in [0.3, 0.4) is 0 Å². The summed E-state index contributed by atoms with van der Waals surface area (Å²) in [5.41, 5.74) is 14.3. The van der Waals surface area contributed by atoms with E-state index in [1.165, 1.54) is 4.90 Å². The fourth-order valence-corrected chi connectivity index (χ4v) is 4.95. The summed E-state index contributed by atoms with van der Waals surface area (Å²) in [6.45, 7) is 9.39. The molecule has 0 spiro atoms. The summed E-state index contributed by atoms with van der Waals surface area (Å²) >= 11 is 0.777. The molecule has 0 aliphatic heterocycles. The Bertz CT molecular complexity index is 1560. The topological polar surface area (TPSA) is 144 Å². The Kier molecular flexibility index (Phi) is 7.19. The van der Waals surface area contributed by atoms with Crippen molar-refractivity contribution in [2.45, 2.75) is 46.2 Å². The van der Waals surface area contributed by atoms with E-state index in [0.29, 0.717) is 11.3 Å². The van der Waals surface area contributed by atoms with E-state index in [1.54, 1.807) is 12.3 Å². The Morgan fingerprint density at radius 2 is 1.79 bits per heavy atom. The third-order valence-corrected chi connectivity index (χ3v) is 6.80. The highest BCUT2D eigenvalue weighted by atomic mass is 32.1. The highest BCUT2D eigenvalue weighted by molar-refractivity contribution is 7.09. The van der Waals surface area contributed by atoms with Crippen LogP contribution >= 0.6 is 11.5 Å². The molecule has 0 saturated heterocycles. The van der Waals surface area contributed by atoms with Crippen molar-refractivity contribution in [2.24, 2.45) is 5.73 Å². The third-order valence-electron chi connectivity index (χ3n) is 5.95. The number of carbonyl (C=O) groups is 3. The summed E-state index contributed by atoms with van der Waals surface area (Å²) < 4.78 is 4.02.